The molecule has 3 heterocycles. The summed E-state index contributed by atoms with van der Waals surface area (Å²) in [6.45, 7) is 6.83. The molecule has 5 rings (SSSR count). The second kappa shape index (κ2) is 15.0. The second-order valence-corrected chi connectivity index (χ2v) is 13.8. The molecule has 1 amide bonds. The maximum atomic E-state index is 13.6. The number of piperazine rings is 1. The third kappa shape index (κ3) is 7.42. The van der Waals surface area contributed by atoms with Gasteiger partial charge in [-0.1, -0.05) is 0 Å². The molecule has 11 heteroatoms. The Labute approximate surface area is 266 Å². The Bertz CT molecular complexity index is 1440. The number of hydrogen-bond donors (Lipinski definition) is 0. The van der Waals surface area contributed by atoms with Gasteiger partial charge in [-0.15, -0.1) is 0 Å². The van der Waals surface area contributed by atoms with Crippen LogP contribution in [0.1, 0.15) is 65.9 Å². The summed E-state index contributed by atoms with van der Waals surface area (Å²) in [7, 11) is 3.64. The Morgan fingerprint density at radius 2 is 1.66 bits per heavy atom. The van der Waals surface area contributed by atoms with Gasteiger partial charge in [0.1, 0.15) is 0 Å². The van der Waals surface area contributed by atoms with E-state index in [1.165, 1.54) is 11.8 Å². The molecule has 2 aliphatic heterocycles. The van der Waals surface area contributed by atoms with E-state index in [2.05, 4.69) is 28.9 Å². The van der Waals surface area contributed by atoms with Gasteiger partial charge in [0.2, 0.25) is 0 Å². The molecule has 10 nitrogen and oxygen atoms in total. The molecular weight excluding hydrogens is 621 g/mol. The van der Waals surface area contributed by atoms with E-state index in [9.17, 15) is 14.4 Å². The van der Waals surface area contributed by atoms with E-state index in [-0.39, 0.29) is 23.6 Å². The van der Waals surface area contributed by atoms with E-state index in [1.54, 1.807) is 4.90 Å². The van der Waals surface area contributed by atoms with Gasteiger partial charge in [-0.25, -0.2) is 0 Å². The number of anilines is 1. The van der Waals surface area contributed by atoms with Crippen LogP contribution in [-0.4, -0.2) is 98.8 Å². The molecule has 0 N–H and O–H groups in total. The number of fused-ring (bicyclic) bond motifs is 1. The number of aromatic nitrogens is 2. The zero-order valence-electron chi connectivity index (χ0n) is 25.8. The number of amides is 1. The van der Waals surface area contributed by atoms with Crippen LogP contribution in [0.2, 0.25) is 0 Å². The fraction of sp³-hybridized carbons (Fsp3) is 0.455. The SMILES string of the molecule is CCCCCCOC(=O)n1nc([AsH]C(=O)c2ccc(N3CCN(C)CC3)cc2)c2c1CN(C(=O)C(OC)c1ccccc1)C2. The molecule has 0 radical (unpaired) electrons. The van der Waals surface area contributed by atoms with Crippen LogP contribution in [0, 0.1) is 0 Å². The Balaban J connectivity index is 1.33. The number of benzene rings is 2. The summed E-state index contributed by atoms with van der Waals surface area (Å²) in [4.78, 5) is 46.6. The van der Waals surface area contributed by atoms with E-state index >= 15 is 0 Å². The molecule has 0 aliphatic carbocycles. The standard InChI is InChI=1S/C33H42AsN5O5/c1-4-5-6-10-21-44-33(42)39-28-23-38(32(41)29(43-3)24-11-8-7-9-12-24)22-27(28)30(35-39)34-31(40)25-13-15-26(16-14-25)37-19-17-36(2)18-20-37/h7-9,11-16,29,34H,4-6,10,17-23H2,1-3H3. The Morgan fingerprint density at radius 3 is 2.34 bits per heavy atom. The van der Waals surface area contributed by atoms with Crippen molar-refractivity contribution in [3.63, 3.8) is 0 Å². The van der Waals surface area contributed by atoms with Crippen LogP contribution in [0.5, 0.6) is 0 Å². The Morgan fingerprint density at radius 1 is 0.932 bits per heavy atom. The van der Waals surface area contributed by atoms with Gasteiger partial charge in [0, 0.05) is 0 Å². The third-order valence-corrected chi connectivity index (χ3v) is 10.7. The first kappa shape index (κ1) is 31.9. The zero-order chi connectivity index (χ0) is 31.1. The number of likely N-dealkylation sites (N-methyl/N-ethyl adjacent to an activating group) is 1. The van der Waals surface area contributed by atoms with Gasteiger partial charge in [0.05, 0.1) is 0 Å². The number of methoxy groups -OCH3 is 1. The van der Waals surface area contributed by atoms with Gasteiger partial charge in [-0.3, -0.25) is 0 Å². The summed E-state index contributed by atoms with van der Waals surface area (Å²) < 4.78 is 13.1. The molecule has 1 fully saturated rings. The molecule has 0 saturated carbocycles. The van der Waals surface area contributed by atoms with Crippen molar-refractivity contribution < 1.29 is 23.9 Å². The average molecular weight is 664 g/mol. The van der Waals surface area contributed by atoms with Crippen LogP contribution in [0.25, 0.3) is 0 Å². The van der Waals surface area contributed by atoms with Crippen molar-refractivity contribution in [3.8, 4) is 0 Å². The van der Waals surface area contributed by atoms with Crippen molar-refractivity contribution in [1.29, 1.82) is 0 Å². The van der Waals surface area contributed by atoms with Crippen LogP contribution in [-0.2, 0) is 27.4 Å². The predicted molar refractivity (Wildman–Crippen MR) is 171 cm³/mol. The predicted octanol–water partition coefficient (Wildman–Crippen LogP) is 3.33. The topological polar surface area (TPSA) is 97.2 Å². The van der Waals surface area contributed by atoms with Crippen molar-refractivity contribution in [2.45, 2.75) is 51.8 Å². The van der Waals surface area contributed by atoms with Gasteiger partial charge in [0.25, 0.3) is 0 Å². The molecule has 234 valence electrons. The van der Waals surface area contributed by atoms with Gasteiger partial charge in [0.15, 0.2) is 0 Å². The molecule has 0 spiro atoms. The number of rotatable bonds is 12. The fourth-order valence-corrected chi connectivity index (χ4v) is 7.84. The number of ether oxygens (including phenoxy) is 2. The molecule has 44 heavy (non-hydrogen) atoms. The summed E-state index contributed by atoms with van der Waals surface area (Å²) in [5, 5.41) is 4.62. The number of carbonyl (C=O) groups is 3. The summed E-state index contributed by atoms with van der Waals surface area (Å²) in [5.41, 5.74) is 3.89. The quantitative estimate of drug-likeness (QED) is 0.215. The van der Waals surface area contributed by atoms with Crippen LogP contribution < -0.4 is 9.38 Å². The van der Waals surface area contributed by atoms with Gasteiger partial charge < -0.3 is 0 Å². The Hall–Kier alpha value is -3.46. The van der Waals surface area contributed by atoms with Gasteiger partial charge >= 0.3 is 267 Å². The summed E-state index contributed by atoms with van der Waals surface area (Å²) >= 11 is -1.42. The third-order valence-electron chi connectivity index (χ3n) is 8.28. The molecule has 1 saturated heterocycles. The Kier molecular flexibility index (Phi) is 10.9. The van der Waals surface area contributed by atoms with Crippen molar-refractivity contribution in [2.75, 3.05) is 51.8 Å². The molecule has 3 aromatic rings. The minimum atomic E-state index is -1.42. The average Bonchev–Trinajstić information content (AvgIpc) is 3.63. The number of carbonyl (C=O) groups excluding carboxylic acids is 3. The normalized spacial score (nSPS) is 16.0. The van der Waals surface area contributed by atoms with Crippen molar-refractivity contribution >= 4 is 42.5 Å². The van der Waals surface area contributed by atoms with Crippen LogP contribution >= 0.6 is 0 Å². The van der Waals surface area contributed by atoms with E-state index in [0.29, 0.717) is 22.3 Å². The molecule has 0 bridgehead atoms. The monoisotopic (exact) mass is 663 g/mol. The number of hydrogen-bond acceptors (Lipinski definition) is 8. The molecule has 2 aliphatic rings. The fourth-order valence-electron chi connectivity index (χ4n) is 5.64. The maximum absolute atomic E-state index is 13.6. The van der Waals surface area contributed by atoms with Crippen LogP contribution in [0.4, 0.5) is 10.5 Å². The summed E-state index contributed by atoms with van der Waals surface area (Å²) in [6, 6.07) is 17.2. The molecule has 2 atom stereocenters. The van der Waals surface area contributed by atoms with Crippen molar-refractivity contribution in [2.24, 2.45) is 0 Å². The first-order valence-corrected chi connectivity index (χ1v) is 17.5. The number of unbranched alkanes of at least 4 members (excludes halogenated alkanes) is 3. The molecule has 2 unspecified atom stereocenters. The van der Waals surface area contributed by atoms with Gasteiger partial charge in [-0.05, 0) is 0 Å². The summed E-state index contributed by atoms with van der Waals surface area (Å²) in [6.07, 6.45) is 2.61. The molecule has 2 aromatic carbocycles. The molecule has 1 aromatic heterocycles. The first-order valence-electron chi connectivity index (χ1n) is 15.4. The van der Waals surface area contributed by atoms with Crippen LogP contribution in [0.15, 0.2) is 54.6 Å². The minimum absolute atomic E-state index is 0.0270. The summed E-state index contributed by atoms with van der Waals surface area (Å²) in [5.74, 6) is -0.203. The van der Waals surface area contributed by atoms with E-state index in [0.717, 1.165) is 68.7 Å². The van der Waals surface area contributed by atoms with E-state index < -0.39 is 27.9 Å². The number of nitrogens with zero attached hydrogens (tertiary/aromatic N) is 5. The van der Waals surface area contributed by atoms with E-state index in [4.69, 9.17) is 9.47 Å². The van der Waals surface area contributed by atoms with Crippen molar-refractivity contribution in [1.82, 2.24) is 19.6 Å². The second-order valence-electron chi connectivity index (χ2n) is 11.4. The van der Waals surface area contributed by atoms with Gasteiger partial charge in [-0.2, -0.15) is 0 Å². The zero-order valence-corrected chi connectivity index (χ0v) is 27.9. The molecular formula is C33H42AsN5O5. The van der Waals surface area contributed by atoms with Crippen molar-refractivity contribution in [3.05, 3.63) is 77.0 Å². The first-order chi connectivity index (χ1) is 21.4. The van der Waals surface area contributed by atoms with E-state index in [1.807, 2.05) is 54.6 Å². The van der Waals surface area contributed by atoms with Crippen LogP contribution in [0.3, 0.4) is 0 Å².